The number of hydrogen-bond donors (Lipinski definition) is 2. The molecular weight excluding hydrogens is 398 g/mol. The van der Waals surface area contributed by atoms with E-state index < -0.39 is 17.4 Å². The normalized spacial score (nSPS) is 24.1. The summed E-state index contributed by atoms with van der Waals surface area (Å²) < 4.78 is 6.09. The first kappa shape index (κ1) is 17.2. The first-order chi connectivity index (χ1) is 12.4. The molecule has 1 aliphatic heterocycles. The predicted octanol–water partition coefficient (Wildman–Crippen LogP) is 3.35. The van der Waals surface area contributed by atoms with Gasteiger partial charge in [-0.25, -0.2) is 0 Å². The van der Waals surface area contributed by atoms with E-state index >= 15 is 0 Å². The van der Waals surface area contributed by atoms with Crippen molar-refractivity contribution in [3.63, 3.8) is 0 Å². The lowest BCUT2D eigenvalue weighted by Gasteiger charge is -2.34. The number of nitrogens with one attached hydrogen (secondary N) is 1. The Morgan fingerprint density at radius 2 is 2.04 bits per heavy atom. The molecule has 2 atom stereocenters. The number of ether oxygens (including phenoxy) is 1. The van der Waals surface area contributed by atoms with Gasteiger partial charge in [-0.3, -0.25) is 9.59 Å². The summed E-state index contributed by atoms with van der Waals surface area (Å²) in [6, 6.07) is 8.71. The van der Waals surface area contributed by atoms with Crippen LogP contribution in [-0.2, 0) is 16.8 Å². The molecule has 2 N–H and O–H groups in total. The molecule has 2 aliphatic rings. The number of anilines is 1. The molecule has 5 nitrogen and oxygen atoms in total. The van der Waals surface area contributed by atoms with Crippen molar-refractivity contribution >= 4 is 33.3 Å². The summed E-state index contributed by atoms with van der Waals surface area (Å²) in [7, 11) is 1.60. The molecule has 1 aliphatic carbocycles. The van der Waals surface area contributed by atoms with E-state index in [0.717, 1.165) is 21.3 Å². The van der Waals surface area contributed by atoms with Gasteiger partial charge in [0.25, 0.3) is 5.91 Å². The molecule has 134 valence electrons. The Bertz CT molecular complexity index is 955. The standard InChI is InChI=1S/C20H18BrNO4/c1-10-12-4-6-14(18(23)13(12)5-8-17(10)26-2)20(25)15-9-11(21)3-7-16(15)22-19(20)24/h3,5,7-9,14,25H,4,6H2,1-2H3,(H,22,24)/t14-,20-/m0/s1. The van der Waals surface area contributed by atoms with Crippen LogP contribution < -0.4 is 10.1 Å². The topological polar surface area (TPSA) is 75.6 Å². The zero-order valence-corrected chi connectivity index (χ0v) is 16.0. The number of hydrogen-bond acceptors (Lipinski definition) is 4. The third-order valence-corrected chi connectivity index (χ3v) is 6.02. The maximum atomic E-state index is 13.2. The van der Waals surface area contributed by atoms with Crippen molar-refractivity contribution in [2.24, 2.45) is 5.92 Å². The number of carbonyl (C=O) groups is 2. The maximum Gasteiger partial charge on any atom is 0.261 e. The lowest BCUT2D eigenvalue weighted by molar-refractivity contribution is -0.138. The van der Waals surface area contributed by atoms with Crippen LogP contribution in [0, 0.1) is 12.8 Å². The molecule has 0 saturated carbocycles. The number of halogens is 1. The second-order valence-electron chi connectivity index (χ2n) is 6.78. The summed E-state index contributed by atoms with van der Waals surface area (Å²) in [5.41, 5.74) is 1.56. The first-order valence-corrected chi connectivity index (χ1v) is 9.21. The van der Waals surface area contributed by atoms with Gasteiger partial charge in [-0.1, -0.05) is 15.9 Å². The van der Waals surface area contributed by atoms with Gasteiger partial charge in [0.2, 0.25) is 0 Å². The van der Waals surface area contributed by atoms with Crippen molar-refractivity contribution in [3.8, 4) is 5.75 Å². The molecule has 0 bridgehead atoms. The monoisotopic (exact) mass is 415 g/mol. The number of amides is 1. The van der Waals surface area contributed by atoms with E-state index in [1.54, 1.807) is 37.4 Å². The second-order valence-corrected chi connectivity index (χ2v) is 7.70. The minimum absolute atomic E-state index is 0.206. The third-order valence-electron chi connectivity index (χ3n) is 5.52. The Morgan fingerprint density at radius 1 is 1.27 bits per heavy atom. The van der Waals surface area contributed by atoms with Gasteiger partial charge in [0.05, 0.1) is 13.0 Å². The lowest BCUT2D eigenvalue weighted by atomic mass is 9.70. The first-order valence-electron chi connectivity index (χ1n) is 8.42. The van der Waals surface area contributed by atoms with Crippen molar-refractivity contribution in [2.45, 2.75) is 25.4 Å². The molecule has 1 heterocycles. The molecule has 2 aromatic carbocycles. The van der Waals surface area contributed by atoms with Crippen molar-refractivity contribution in [1.29, 1.82) is 0 Å². The number of carbonyl (C=O) groups excluding carboxylic acids is 2. The molecule has 6 heteroatoms. The average molecular weight is 416 g/mol. The zero-order valence-electron chi connectivity index (χ0n) is 14.4. The zero-order chi connectivity index (χ0) is 18.6. The molecule has 2 aromatic rings. The van der Waals surface area contributed by atoms with Crippen LogP contribution in [0.1, 0.15) is 33.5 Å². The van der Waals surface area contributed by atoms with Crippen molar-refractivity contribution in [1.82, 2.24) is 0 Å². The van der Waals surface area contributed by atoms with Gasteiger partial charge in [0, 0.05) is 21.3 Å². The number of aliphatic hydroxyl groups is 1. The Labute approximate surface area is 159 Å². The predicted molar refractivity (Wildman–Crippen MR) is 101 cm³/mol. The molecule has 0 unspecified atom stereocenters. The Morgan fingerprint density at radius 3 is 2.77 bits per heavy atom. The fourth-order valence-corrected chi connectivity index (χ4v) is 4.50. The van der Waals surface area contributed by atoms with Gasteiger partial charge in [-0.15, -0.1) is 0 Å². The van der Waals surface area contributed by atoms with Crippen LogP contribution in [0.5, 0.6) is 5.75 Å². The van der Waals surface area contributed by atoms with Crippen LogP contribution in [0.25, 0.3) is 0 Å². The van der Waals surface area contributed by atoms with Crippen LogP contribution in [0.3, 0.4) is 0 Å². The van der Waals surface area contributed by atoms with Crippen molar-refractivity contribution in [3.05, 3.63) is 57.1 Å². The second kappa shape index (κ2) is 5.93. The molecule has 0 spiro atoms. The van der Waals surface area contributed by atoms with E-state index in [4.69, 9.17) is 4.74 Å². The smallest absolute Gasteiger partial charge is 0.261 e. The minimum Gasteiger partial charge on any atom is -0.496 e. The summed E-state index contributed by atoms with van der Waals surface area (Å²) in [4.78, 5) is 25.8. The largest absolute Gasteiger partial charge is 0.496 e. The summed E-state index contributed by atoms with van der Waals surface area (Å²) >= 11 is 3.38. The molecule has 0 saturated heterocycles. The number of ketones is 1. The van der Waals surface area contributed by atoms with Gasteiger partial charge in [0.1, 0.15) is 5.75 Å². The summed E-state index contributed by atoms with van der Waals surface area (Å²) in [5.74, 6) is -0.833. The molecule has 0 aromatic heterocycles. The molecule has 1 amide bonds. The van der Waals surface area contributed by atoms with Crippen LogP contribution in [0.2, 0.25) is 0 Å². The van der Waals surface area contributed by atoms with Crippen LogP contribution in [0.15, 0.2) is 34.8 Å². The molecule has 0 radical (unpaired) electrons. The SMILES string of the molecule is COc1ccc2c(c1C)CC[C@H]([C@@]1(O)C(=O)Nc3ccc(Br)cc31)C2=O. The highest BCUT2D eigenvalue weighted by Gasteiger charge is 2.55. The lowest BCUT2D eigenvalue weighted by Crippen LogP contribution is -2.47. The van der Waals surface area contributed by atoms with Gasteiger partial charge in [-0.2, -0.15) is 0 Å². The van der Waals surface area contributed by atoms with Crippen molar-refractivity contribution in [2.75, 3.05) is 12.4 Å². The fourth-order valence-electron chi connectivity index (χ4n) is 4.14. The van der Waals surface area contributed by atoms with Gasteiger partial charge >= 0.3 is 0 Å². The van der Waals surface area contributed by atoms with Crippen LogP contribution in [0.4, 0.5) is 5.69 Å². The van der Waals surface area contributed by atoms with Gasteiger partial charge in [-0.05, 0) is 61.2 Å². The highest BCUT2D eigenvalue weighted by Crippen LogP contribution is 2.47. The van der Waals surface area contributed by atoms with E-state index in [9.17, 15) is 14.7 Å². The van der Waals surface area contributed by atoms with E-state index in [2.05, 4.69) is 21.2 Å². The quantitative estimate of drug-likeness (QED) is 0.788. The van der Waals surface area contributed by atoms with Gasteiger partial charge in [0.15, 0.2) is 11.4 Å². The minimum atomic E-state index is -1.86. The Balaban J connectivity index is 1.81. The Hall–Kier alpha value is -2.18. The van der Waals surface area contributed by atoms with E-state index in [1.807, 2.05) is 6.92 Å². The third kappa shape index (κ3) is 2.25. The van der Waals surface area contributed by atoms with Crippen LogP contribution >= 0.6 is 15.9 Å². The molecule has 26 heavy (non-hydrogen) atoms. The molecular formula is C20H18BrNO4. The number of methoxy groups -OCH3 is 1. The fraction of sp³-hybridized carbons (Fsp3) is 0.300. The maximum absolute atomic E-state index is 13.2. The van der Waals surface area contributed by atoms with E-state index in [0.29, 0.717) is 29.7 Å². The number of rotatable bonds is 2. The van der Waals surface area contributed by atoms with E-state index in [1.165, 1.54) is 0 Å². The highest BCUT2D eigenvalue weighted by molar-refractivity contribution is 9.10. The summed E-state index contributed by atoms with van der Waals surface area (Å²) in [6.07, 6.45) is 1.00. The van der Waals surface area contributed by atoms with Crippen LogP contribution in [-0.4, -0.2) is 23.9 Å². The van der Waals surface area contributed by atoms with E-state index in [-0.39, 0.29) is 5.78 Å². The Kier molecular flexibility index (Phi) is 3.93. The number of benzene rings is 2. The average Bonchev–Trinajstić information content (AvgIpc) is 2.87. The summed E-state index contributed by atoms with van der Waals surface area (Å²) in [5, 5.41) is 14.1. The van der Waals surface area contributed by atoms with Gasteiger partial charge < -0.3 is 15.2 Å². The highest BCUT2D eigenvalue weighted by atomic mass is 79.9. The number of Topliss-reactive ketones (excluding diaryl/α,β-unsaturated/α-hetero) is 1. The van der Waals surface area contributed by atoms with Crippen molar-refractivity contribution < 1.29 is 19.4 Å². The number of fused-ring (bicyclic) bond motifs is 2. The molecule has 4 rings (SSSR count). The summed E-state index contributed by atoms with van der Waals surface area (Å²) in [6.45, 7) is 1.93. The molecule has 0 fully saturated rings.